The highest BCUT2D eigenvalue weighted by Gasteiger charge is 2.29. The average Bonchev–Trinajstić information content (AvgIpc) is 3.26. The summed E-state index contributed by atoms with van der Waals surface area (Å²) in [5, 5.41) is 22.0. The molecule has 3 N–H and O–H groups in total. The Kier molecular flexibility index (Phi) is 11.8. The summed E-state index contributed by atoms with van der Waals surface area (Å²) in [6.07, 6.45) is 4.11. The Morgan fingerprint density at radius 3 is 2.62 bits per heavy atom. The van der Waals surface area contributed by atoms with Crippen LogP contribution >= 0.6 is 0 Å². The summed E-state index contributed by atoms with van der Waals surface area (Å²) in [5.74, 6) is -2.41. The van der Waals surface area contributed by atoms with Gasteiger partial charge in [0, 0.05) is 12.4 Å². The topological polar surface area (TPSA) is 173 Å². The monoisotopic (exact) mass is 523 g/mol. The molecule has 2 unspecified atom stereocenters. The highest BCUT2D eigenvalue weighted by Crippen LogP contribution is 2.12. The Bertz CT molecular complexity index is 1110. The van der Waals surface area contributed by atoms with Crippen molar-refractivity contribution in [2.45, 2.75) is 64.6 Å². The molecule has 2 heterocycles. The first kappa shape index (κ1) is 29.5. The summed E-state index contributed by atoms with van der Waals surface area (Å²) < 4.78 is 18.1. The third-order valence-corrected chi connectivity index (χ3v) is 5.75. The van der Waals surface area contributed by atoms with Gasteiger partial charge in [0.05, 0.1) is 32.2 Å². The molecule has 0 aromatic carbocycles. The van der Waals surface area contributed by atoms with Crippen molar-refractivity contribution in [3.8, 4) is 0 Å². The van der Waals surface area contributed by atoms with E-state index in [4.69, 9.17) is 0 Å². The number of anilines is 1. The Balaban J connectivity index is 2.11. The van der Waals surface area contributed by atoms with Gasteiger partial charge in [0.25, 0.3) is 5.56 Å². The van der Waals surface area contributed by atoms with Crippen LogP contribution in [0.3, 0.4) is 0 Å². The average molecular weight is 524 g/mol. The summed E-state index contributed by atoms with van der Waals surface area (Å²) >= 11 is 0. The third-order valence-electron chi connectivity index (χ3n) is 5.75. The molecule has 37 heavy (non-hydrogen) atoms. The van der Waals surface area contributed by atoms with Gasteiger partial charge < -0.3 is 15.7 Å². The van der Waals surface area contributed by atoms with Gasteiger partial charge in [-0.25, -0.2) is 9.61 Å². The minimum absolute atomic E-state index is 0.0244. The van der Waals surface area contributed by atoms with E-state index in [1.165, 1.54) is 17.0 Å². The first-order valence-corrected chi connectivity index (χ1v) is 12.1. The van der Waals surface area contributed by atoms with Gasteiger partial charge in [-0.15, -0.1) is 0 Å². The van der Waals surface area contributed by atoms with Crippen molar-refractivity contribution in [3.05, 3.63) is 34.1 Å². The molecule has 0 fully saturated rings. The fourth-order valence-electron chi connectivity index (χ4n) is 3.67. The lowest BCUT2D eigenvalue weighted by atomic mass is 10.1. The second kappa shape index (κ2) is 14.8. The molecule has 2 atom stereocenters. The van der Waals surface area contributed by atoms with E-state index in [1.54, 1.807) is 25.8 Å². The van der Waals surface area contributed by atoms with Crippen LogP contribution in [0.15, 0.2) is 21.8 Å². The first-order valence-electron chi connectivity index (χ1n) is 12.1. The van der Waals surface area contributed by atoms with Crippen LogP contribution < -0.4 is 16.2 Å². The number of alkyl halides is 1. The molecule has 0 aliphatic heterocycles. The third kappa shape index (κ3) is 9.04. The number of carboxylic acid groups (broad SMARTS) is 1. The number of nitrogens with zero attached hydrogens (tertiary/aromatic N) is 5. The SMILES string of the molecule is CCC(C(=O)NC(CC(=O)O)C(=O)CN(C)CCCCCF)n1ccnc(NCc2nonc2C)c1=O. The molecule has 14 heteroatoms. The Hall–Kier alpha value is -3.68. The number of ketones is 1. The lowest BCUT2D eigenvalue weighted by Gasteiger charge is -2.24. The molecule has 2 rings (SSSR count). The summed E-state index contributed by atoms with van der Waals surface area (Å²) in [5.41, 5.74) is 0.464. The largest absolute Gasteiger partial charge is 0.481 e. The van der Waals surface area contributed by atoms with Crippen LogP contribution in [0.1, 0.15) is 56.5 Å². The highest BCUT2D eigenvalue weighted by molar-refractivity contribution is 5.93. The normalized spacial score (nSPS) is 12.8. The maximum absolute atomic E-state index is 13.1. The molecule has 13 nitrogen and oxygen atoms in total. The lowest BCUT2D eigenvalue weighted by Crippen LogP contribution is -2.49. The van der Waals surface area contributed by atoms with Crippen LogP contribution in [0, 0.1) is 6.92 Å². The predicted octanol–water partition coefficient (Wildman–Crippen LogP) is 1.10. The van der Waals surface area contributed by atoms with E-state index in [1.807, 2.05) is 0 Å². The van der Waals surface area contributed by atoms with Gasteiger partial charge in [0.1, 0.15) is 17.4 Å². The maximum Gasteiger partial charge on any atom is 0.305 e. The minimum atomic E-state index is -1.27. The van der Waals surface area contributed by atoms with Gasteiger partial charge in [-0.05, 0) is 46.2 Å². The number of rotatable bonds is 17. The lowest BCUT2D eigenvalue weighted by molar-refractivity contribution is -0.140. The van der Waals surface area contributed by atoms with Crippen molar-refractivity contribution >= 4 is 23.5 Å². The molecule has 0 radical (unpaired) electrons. The molecule has 2 aromatic heterocycles. The number of Topliss-reactive ketones (excluding diaryl/α,β-unsaturated/α-hetero) is 1. The number of likely N-dealkylation sites (N-methyl/N-ethyl adjacent to an activating group) is 1. The summed E-state index contributed by atoms with van der Waals surface area (Å²) in [6.45, 7) is 3.56. The molecular formula is C23H34FN7O6. The molecule has 0 saturated heterocycles. The molecule has 2 aromatic rings. The molecule has 204 valence electrons. The van der Waals surface area contributed by atoms with E-state index in [-0.39, 0.29) is 25.3 Å². The molecular weight excluding hydrogens is 489 g/mol. The van der Waals surface area contributed by atoms with Crippen molar-refractivity contribution < 1.29 is 28.5 Å². The van der Waals surface area contributed by atoms with Crippen LogP contribution in [-0.4, -0.2) is 80.4 Å². The predicted molar refractivity (Wildman–Crippen MR) is 131 cm³/mol. The smallest absolute Gasteiger partial charge is 0.305 e. The van der Waals surface area contributed by atoms with Gasteiger partial charge in [0.15, 0.2) is 11.6 Å². The number of hydrogen-bond acceptors (Lipinski definition) is 10. The van der Waals surface area contributed by atoms with Crippen LogP contribution in [0.2, 0.25) is 0 Å². The van der Waals surface area contributed by atoms with Crippen molar-refractivity contribution in [2.24, 2.45) is 0 Å². The zero-order valence-electron chi connectivity index (χ0n) is 21.3. The fourth-order valence-corrected chi connectivity index (χ4v) is 3.67. The molecule has 0 spiro atoms. The molecule has 0 saturated carbocycles. The molecule has 0 bridgehead atoms. The molecule has 0 aliphatic carbocycles. The summed E-state index contributed by atoms with van der Waals surface area (Å²) in [4.78, 5) is 56.1. The Morgan fingerprint density at radius 2 is 2.00 bits per heavy atom. The summed E-state index contributed by atoms with van der Waals surface area (Å²) in [7, 11) is 1.70. The number of aliphatic carboxylic acids is 1. The second-order valence-electron chi connectivity index (χ2n) is 8.67. The quantitative estimate of drug-likeness (QED) is 0.253. The Labute approximate surface area is 213 Å². The fraction of sp³-hybridized carbons (Fsp3) is 0.609. The number of carboxylic acids is 1. The van der Waals surface area contributed by atoms with Gasteiger partial charge >= 0.3 is 5.97 Å². The maximum atomic E-state index is 13.1. The number of hydrogen-bond donors (Lipinski definition) is 3. The van der Waals surface area contributed by atoms with Crippen molar-refractivity contribution in [1.29, 1.82) is 0 Å². The van der Waals surface area contributed by atoms with Crippen LogP contribution in [0.4, 0.5) is 10.2 Å². The zero-order valence-corrected chi connectivity index (χ0v) is 21.3. The molecule has 1 amide bonds. The number of aromatic nitrogens is 4. The van der Waals surface area contributed by atoms with Crippen molar-refractivity contribution in [3.63, 3.8) is 0 Å². The number of nitrogens with one attached hydrogen (secondary N) is 2. The highest BCUT2D eigenvalue weighted by atomic mass is 19.1. The van der Waals surface area contributed by atoms with Gasteiger partial charge in [0.2, 0.25) is 5.91 Å². The number of carbonyl (C=O) groups is 3. The van der Waals surface area contributed by atoms with E-state index in [0.717, 1.165) is 0 Å². The van der Waals surface area contributed by atoms with E-state index in [9.17, 15) is 28.7 Å². The standard InChI is InChI=1S/C23H34FN7O6/c1-4-18(31-11-9-25-21(23(31)36)26-13-17-15(2)28-37-29-17)22(35)27-16(12-20(33)34)19(32)14-30(3)10-7-5-6-8-24/h9,11,16,18H,4-8,10,12-14H2,1-3H3,(H,25,26)(H,27,35)(H,33,34). The van der Waals surface area contributed by atoms with E-state index in [2.05, 4.69) is 30.6 Å². The van der Waals surface area contributed by atoms with Crippen molar-refractivity contribution in [2.75, 3.05) is 32.1 Å². The Morgan fingerprint density at radius 1 is 1.24 bits per heavy atom. The van der Waals surface area contributed by atoms with Gasteiger partial charge in [-0.1, -0.05) is 17.2 Å². The zero-order chi connectivity index (χ0) is 27.4. The second-order valence-corrected chi connectivity index (χ2v) is 8.67. The number of aryl methyl sites for hydroxylation is 1. The van der Waals surface area contributed by atoms with Gasteiger partial charge in [-0.3, -0.25) is 33.0 Å². The van der Waals surface area contributed by atoms with Gasteiger partial charge in [-0.2, -0.15) is 0 Å². The van der Waals surface area contributed by atoms with Crippen molar-refractivity contribution in [1.82, 2.24) is 30.1 Å². The van der Waals surface area contributed by atoms with E-state index >= 15 is 0 Å². The number of carbonyl (C=O) groups excluding carboxylic acids is 2. The number of halogens is 1. The summed E-state index contributed by atoms with van der Waals surface area (Å²) in [6, 6.07) is -2.28. The molecule has 0 aliphatic rings. The first-order chi connectivity index (χ1) is 17.7. The van der Waals surface area contributed by atoms with E-state index in [0.29, 0.717) is 37.2 Å². The number of amides is 1. The van der Waals surface area contributed by atoms with Crippen LogP contribution in [0.5, 0.6) is 0 Å². The van der Waals surface area contributed by atoms with E-state index < -0.39 is 48.4 Å². The number of unbranched alkanes of at least 4 members (excludes halogenated alkanes) is 2. The minimum Gasteiger partial charge on any atom is -0.481 e. The van der Waals surface area contributed by atoms with Crippen LogP contribution in [-0.2, 0) is 20.9 Å². The van der Waals surface area contributed by atoms with Crippen LogP contribution in [0.25, 0.3) is 0 Å².